The average Bonchev–Trinajstić information content (AvgIpc) is 3.20. The summed E-state index contributed by atoms with van der Waals surface area (Å²) in [6.45, 7) is 1.39. The first-order valence-electron chi connectivity index (χ1n) is 10.5. The van der Waals surface area contributed by atoms with Crippen molar-refractivity contribution in [2.75, 3.05) is 18.4 Å². The second kappa shape index (κ2) is 6.83. The number of anilines is 1. The Labute approximate surface area is 164 Å². The SMILES string of the molecule is O=C(NC1CCCCC1)N1CCC2(CC1)Nc1cc(F)ccc1-n1cccc12. The molecule has 0 bridgehead atoms. The smallest absolute Gasteiger partial charge is 0.317 e. The number of piperidine rings is 1. The van der Waals surface area contributed by atoms with E-state index in [0.29, 0.717) is 19.1 Å². The maximum atomic E-state index is 13.8. The molecule has 0 radical (unpaired) electrons. The zero-order chi connectivity index (χ0) is 19.1. The van der Waals surface area contributed by atoms with Crippen molar-refractivity contribution in [3.63, 3.8) is 0 Å². The summed E-state index contributed by atoms with van der Waals surface area (Å²) in [4.78, 5) is 14.7. The van der Waals surface area contributed by atoms with Gasteiger partial charge in [-0.25, -0.2) is 9.18 Å². The number of nitrogens with one attached hydrogen (secondary N) is 2. The number of hydrogen-bond donors (Lipinski definition) is 2. The molecule has 6 heteroatoms. The third-order valence-electron chi connectivity index (χ3n) is 6.67. The van der Waals surface area contributed by atoms with Crippen molar-refractivity contribution in [3.8, 4) is 5.69 Å². The molecule has 28 heavy (non-hydrogen) atoms. The number of hydrogen-bond acceptors (Lipinski definition) is 2. The number of urea groups is 1. The fraction of sp³-hybridized carbons (Fsp3) is 0.500. The van der Waals surface area contributed by atoms with Gasteiger partial charge in [0.1, 0.15) is 5.82 Å². The van der Waals surface area contributed by atoms with Gasteiger partial charge in [0, 0.05) is 31.0 Å². The molecule has 1 aliphatic carbocycles. The molecule has 1 aromatic heterocycles. The fourth-order valence-corrected chi connectivity index (χ4v) is 5.11. The summed E-state index contributed by atoms with van der Waals surface area (Å²) in [5.74, 6) is -0.235. The lowest BCUT2D eigenvalue weighted by Crippen LogP contribution is -2.54. The van der Waals surface area contributed by atoms with Gasteiger partial charge in [-0.2, -0.15) is 0 Å². The van der Waals surface area contributed by atoms with Crippen LogP contribution < -0.4 is 10.6 Å². The van der Waals surface area contributed by atoms with Crippen LogP contribution in [0.1, 0.15) is 50.6 Å². The highest BCUT2D eigenvalue weighted by atomic mass is 19.1. The van der Waals surface area contributed by atoms with Crippen LogP contribution in [0.2, 0.25) is 0 Å². The second-order valence-electron chi connectivity index (χ2n) is 8.40. The topological polar surface area (TPSA) is 49.3 Å². The Morgan fingerprint density at radius 1 is 1.14 bits per heavy atom. The number of carbonyl (C=O) groups excluding carboxylic acids is 1. The number of rotatable bonds is 1. The molecule has 5 nitrogen and oxygen atoms in total. The molecular weight excluding hydrogens is 355 g/mol. The second-order valence-corrected chi connectivity index (χ2v) is 8.40. The van der Waals surface area contributed by atoms with Gasteiger partial charge in [0.05, 0.1) is 16.9 Å². The Morgan fingerprint density at radius 2 is 1.93 bits per heavy atom. The van der Waals surface area contributed by atoms with Gasteiger partial charge in [-0.05, 0) is 56.0 Å². The first kappa shape index (κ1) is 17.6. The van der Waals surface area contributed by atoms with E-state index in [1.807, 2.05) is 23.2 Å². The molecule has 2 aliphatic heterocycles. The first-order valence-corrected chi connectivity index (χ1v) is 10.5. The molecule has 2 N–H and O–H groups in total. The summed E-state index contributed by atoms with van der Waals surface area (Å²) in [5, 5.41) is 6.85. The van der Waals surface area contributed by atoms with Crippen LogP contribution in [0.25, 0.3) is 5.69 Å². The minimum atomic E-state index is -0.258. The van der Waals surface area contributed by atoms with Gasteiger partial charge >= 0.3 is 6.03 Å². The number of nitrogens with zero attached hydrogens (tertiary/aromatic N) is 2. The van der Waals surface area contributed by atoms with E-state index < -0.39 is 0 Å². The number of amides is 2. The molecule has 3 heterocycles. The van der Waals surface area contributed by atoms with Gasteiger partial charge in [-0.15, -0.1) is 0 Å². The molecule has 2 fully saturated rings. The lowest BCUT2D eigenvalue weighted by molar-refractivity contribution is 0.157. The summed E-state index contributed by atoms with van der Waals surface area (Å²) >= 11 is 0. The number of halogens is 1. The minimum absolute atomic E-state index is 0.0689. The van der Waals surface area contributed by atoms with Crippen molar-refractivity contribution in [2.24, 2.45) is 0 Å². The maximum Gasteiger partial charge on any atom is 0.317 e. The molecule has 1 spiro atoms. The van der Waals surface area contributed by atoms with Crippen LogP contribution in [0.5, 0.6) is 0 Å². The normalized spacial score (nSPS) is 21.0. The van der Waals surface area contributed by atoms with E-state index in [9.17, 15) is 9.18 Å². The highest BCUT2D eigenvalue weighted by Crippen LogP contribution is 2.43. The van der Waals surface area contributed by atoms with Crippen molar-refractivity contribution >= 4 is 11.7 Å². The first-order chi connectivity index (χ1) is 13.6. The van der Waals surface area contributed by atoms with Gasteiger partial charge in [0.15, 0.2) is 0 Å². The van der Waals surface area contributed by atoms with E-state index in [2.05, 4.69) is 21.3 Å². The molecule has 1 saturated heterocycles. The van der Waals surface area contributed by atoms with Gasteiger partial charge in [0.25, 0.3) is 0 Å². The monoisotopic (exact) mass is 382 g/mol. The molecule has 0 unspecified atom stereocenters. The standard InChI is InChI=1S/C22H27FN4O/c23-16-8-9-19-18(15-16)25-22(20-7-4-12-27(19)20)10-13-26(14-11-22)21(28)24-17-5-2-1-3-6-17/h4,7-9,12,15,17,25H,1-3,5-6,10-11,13-14H2,(H,24,28). The zero-order valence-corrected chi connectivity index (χ0v) is 16.1. The fourth-order valence-electron chi connectivity index (χ4n) is 5.11. The van der Waals surface area contributed by atoms with Crippen molar-refractivity contribution in [2.45, 2.75) is 56.5 Å². The van der Waals surface area contributed by atoms with E-state index in [0.717, 1.165) is 37.1 Å². The van der Waals surface area contributed by atoms with Crippen LogP contribution in [-0.2, 0) is 5.54 Å². The molecule has 3 aliphatic rings. The molecular formula is C22H27FN4O. The Balaban J connectivity index is 1.32. The van der Waals surface area contributed by atoms with Crippen molar-refractivity contribution < 1.29 is 9.18 Å². The Morgan fingerprint density at radius 3 is 2.71 bits per heavy atom. The lowest BCUT2D eigenvalue weighted by atomic mass is 9.82. The molecule has 148 valence electrons. The van der Waals surface area contributed by atoms with Gasteiger partial charge in [0.2, 0.25) is 0 Å². The Kier molecular flexibility index (Phi) is 4.29. The molecule has 0 atom stereocenters. The molecule has 1 saturated carbocycles. The van der Waals surface area contributed by atoms with E-state index in [1.165, 1.54) is 31.0 Å². The maximum absolute atomic E-state index is 13.8. The van der Waals surface area contributed by atoms with Crippen molar-refractivity contribution in [1.29, 1.82) is 0 Å². The summed E-state index contributed by atoms with van der Waals surface area (Å²) in [6.07, 6.45) is 9.57. The van der Waals surface area contributed by atoms with Crippen LogP contribution in [0.3, 0.4) is 0 Å². The largest absolute Gasteiger partial charge is 0.372 e. The van der Waals surface area contributed by atoms with Crippen molar-refractivity contribution in [1.82, 2.24) is 14.8 Å². The van der Waals surface area contributed by atoms with Crippen LogP contribution in [-0.4, -0.2) is 34.6 Å². The van der Waals surface area contributed by atoms with E-state index >= 15 is 0 Å². The van der Waals surface area contributed by atoms with E-state index in [4.69, 9.17) is 0 Å². The summed E-state index contributed by atoms with van der Waals surface area (Å²) in [6, 6.07) is 9.47. The highest BCUT2D eigenvalue weighted by molar-refractivity contribution is 5.75. The minimum Gasteiger partial charge on any atom is -0.372 e. The van der Waals surface area contributed by atoms with Crippen molar-refractivity contribution in [3.05, 3.63) is 48.0 Å². The highest BCUT2D eigenvalue weighted by Gasteiger charge is 2.42. The summed E-state index contributed by atoms with van der Waals surface area (Å²) < 4.78 is 16.0. The lowest BCUT2D eigenvalue weighted by Gasteiger charge is -2.46. The molecule has 1 aromatic carbocycles. The predicted octanol–water partition coefficient (Wildman–Crippen LogP) is 4.38. The zero-order valence-electron chi connectivity index (χ0n) is 16.1. The van der Waals surface area contributed by atoms with Gasteiger partial charge in [-0.1, -0.05) is 19.3 Å². The number of carbonyl (C=O) groups is 1. The number of aromatic nitrogens is 1. The molecule has 2 aromatic rings. The number of fused-ring (bicyclic) bond motifs is 4. The number of benzene rings is 1. The number of likely N-dealkylation sites (tertiary alicyclic amines) is 1. The van der Waals surface area contributed by atoms with Crippen LogP contribution in [0.15, 0.2) is 36.5 Å². The Bertz CT molecular complexity index is 878. The van der Waals surface area contributed by atoms with E-state index in [-0.39, 0.29) is 17.4 Å². The Hall–Kier alpha value is -2.50. The third-order valence-corrected chi connectivity index (χ3v) is 6.67. The van der Waals surface area contributed by atoms with E-state index in [1.54, 1.807) is 6.07 Å². The molecule has 2 amide bonds. The summed E-state index contributed by atoms with van der Waals surface area (Å²) in [7, 11) is 0. The quantitative estimate of drug-likeness (QED) is 0.769. The molecule has 5 rings (SSSR count). The summed E-state index contributed by atoms with van der Waals surface area (Å²) in [5.41, 5.74) is 2.73. The van der Waals surface area contributed by atoms with Gasteiger partial charge < -0.3 is 20.1 Å². The third kappa shape index (κ3) is 2.95. The predicted molar refractivity (Wildman–Crippen MR) is 107 cm³/mol. The van der Waals surface area contributed by atoms with Crippen LogP contribution >= 0.6 is 0 Å². The average molecular weight is 382 g/mol. The van der Waals surface area contributed by atoms with Gasteiger partial charge in [-0.3, -0.25) is 0 Å². The van der Waals surface area contributed by atoms with Crippen LogP contribution in [0, 0.1) is 5.82 Å². The van der Waals surface area contributed by atoms with Crippen LogP contribution in [0.4, 0.5) is 14.9 Å².